The number of benzene rings is 1. The molecule has 0 amide bonds. The molecule has 0 saturated carbocycles. The van der Waals surface area contributed by atoms with Gasteiger partial charge in [-0.25, -0.2) is 4.98 Å². The largest absolute Gasteiger partial charge is 0.334 e. The normalized spacial score (nSPS) is 13.7. The maximum Gasteiger partial charge on any atom is 0.0955 e. The molecule has 0 fully saturated rings. The Hall–Kier alpha value is -1.00. The van der Waals surface area contributed by atoms with Crippen LogP contribution in [0.1, 0.15) is 10.9 Å². The van der Waals surface area contributed by atoms with Crippen molar-refractivity contribution >= 4 is 23.7 Å². The minimum Gasteiger partial charge on any atom is -0.334 e. The Morgan fingerprint density at radius 1 is 1.40 bits per heavy atom. The Labute approximate surface area is 95.1 Å². The van der Waals surface area contributed by atoms with Gasteiger partial charge < -0.3 is 4.57 Å². The first kappa shape index (κ1) is 10.5. The van der Waals surface area contributed by atoms with Gasteiger partial charge in [-0.3, -0.25) is 4.90 Å². The summed E-state index contributed by atoms with van der Waals surface area (Å²) in [6.07, 6.45) is 1.83. The molecular formula is C11H15N3S. The Morgan fingerprint density at radius 3 is 2.80 bits per heavy atom. The lowest BCUT2D eigenvalue weighted by Gasteiger charge is -2.18. The first-order chi connectivity index (χ1) is 7.09. The van der Waals surface area contributed by atoms with Crippen molar-refractivity contribution in [3.8, 4) is 0 Å². The molecule has 1 aromatic heterocycles. The van der Waals surface area contributed by atoms with E-state index in [1.165, 1.54) is 5.56 Å². The molecule has 0 aliphatic carbocycles. The maximum absolute atomic E-state index is 4.54. The van der Waals surface area contributed by atoms with E-state index in [1.54, 1.807) is 0 Å². The number of nitrogens with zero attached hydrogens (tertiary/aromatic N) is 3. The third kappa shape index (κ3) is 1.87. The average molecular weight is 221 g/mol. The van der Waals surface area contributed by atoms with Crippen LogP contribution < -0.4 is 0 Å². The highest BCUT2D eigenvalue weighted by molar-refractivity contribution is 7.80. The van der Waals surface area contributed by atoms with Crippen molar-refractivity contribution in [2.24, 2.45) is 7.05 Å². The SMILES string of the molecule is CN(C)C(S)c1ccc2c(c1)ncn2C. The summed E-state index contributed by atoms with van der Waals surface area (Å²) < 4.78 is 2.02. The third-order valence-electron chi connectivity index (χ3n) is 2.54. The molecule has 4 heteroatoms. The summed E-state index contributed by atoms with van der Waals surface area (Å²) in [6.45, 7) is 0. The van der Waals surface area contributed by atoms with E-state index in [1.807, 2.05) is 32.0 Å². The number of aromatic nitrogens is 2. The molecule has 0 aliphatic heterocycles. The smallest absolute Gasteiger partial charge is 0.0955 e. The minimum atomic E-state index is 0.122. The van der Waals surface area contributed by atoms with Crippen molar-refractivity contribution in [3.05, 3.63) is 30.1 Å². The number of hydrogen-bond donors (Lipinski definition) is 1. The zero-order valence-electron chi connectivity index (χ0n) is 9.18. The van der Waals surface area contributed by atoms with Crippen LogP contribution in [0.2, 0.25) is 0 Å². The quantitative estimate of drug-likeness (QED) is 0.619. The van der Waals surface area contributed by atoms with Crippen molar-refractivity contribution in [1.29, 1.82) is 0 Å². The predicted molar refractivity (Wildman–Crippen MR) is 66.1 cm³/mol. The maximum atomic E-state index is 4.54. The summed E-state index contributed by atoms with van der Waals surface area (Å²) in [5, 5.41) is 0.122. The number of hydrogen-bond acceptors (Lipinski definition) is 3. The molecule has 0 spiro atoms. The molecule has 0 radical (unpaired) electrons. The van der Waals surface area contributed by atoms with Crippen LogP contribution in [0.15, 0.2) is 24.5 Å². The van der Waals surface area contributed by atoms with E-state index in [0.29, 0.717) is 0 Å². The van der Waals surface area contributed by atoms with Crippen LogP contribution in [0.25, 0.3) is 11.0 Å². The van der Waals surface area contributed by atoms with E-state index in [0.717, 1.165) is 11.0 Å². The van der Waals surface area contributed by atoms with E-state index in [9.17, 15) is 0 Å². The van der Waals surface area contributed by atoms with Crippen molar-refractivity contribution in [2.45, 2.75) is 5.37 Å². The van der Waals surface area contributed by atoms with Gasteiger partial charge in [0.05, 0.1) is 22.7 Å². The predicted octanol–water partition coefficient (Wildman–Crippen LogP) is 2.06. The zero-order valence-corrected chi connectivity index (χ0v) is 10.1. The molecule has 0 N–H and O–H groups in total. The summed E-state index contributed by atoms with van der Waals surface area (Å²) in [5.41, 5.74) is 3.35. The molecular weight excluding hydrogens is 206 g/mol. The molecule has 1 heterocycles. The molecule has 1 unspecified atom stereocenters. The first-order valence-corrected chi connectivity index (χ1v) is 5.36. The average Bonchev–Trinajstić information content (AvgIpc) is 2.59. The Morgan fingerprint density at radius 2 is 2.13 bits per heavy atom. The topological polar surface area (TPSA) is 21.1 Å². The van der Waals surface area contributed by atoms with Crippen LogP contribution in [0.4, 0.5) is 0 Å². The summed E-state index contributed by atoms with van der Waals surface area (Å²) in [5.74, 6) is 0. The Kier molecular flexibility index (Phi) is 2.71. The van der Waals surface area contributed by atoms with Crippen LogP contribution >= 0.6 is 12.6 Å². The van der Waals surface area contributed by atoms with E-state index in [4.69, 9.17) is 0 Å². The molecule has 1 atom stereocenters. The van der Waals surface area contributed by atoms with Crippen molar-refractivity contribution in [1.82, 2.24) is 14.5 Å². The van der Waals surface area contributed by atoms with E-state index in [-0.39, 0.29) is 5.37 Å². The lowest BCUT2D eigenvalue weighted by molar-refractivity contribution is 0.394. The van der Waals surface area contributed by atoms with E-state index >= 15 is 0 Å². The molecule has 0 saturated heterocycles. The monoisotopic (exact) mass is 221 g/mol. The highest BCUT2D eigenvalue weighted by atomic mass is 32.1. The second-order valence-corrected chi connectivity index (χ2v) is 4.43. The fourth-order valence-corrected chi connectivity index (χ4v) is 1.77. The summed E-state index contributed by atoms with van der Waals surface area (Å²) in [4.78, 5) is 6.39. The van der Waals surface area contributed by atoms with Gasteiger partial charge in [-0.15, -0.1) is 0 Å². The molecule has 80 valence electrons. The fourth-order valence-electron chi connectivity index (χ4n) is 1.61. The first-order valence-electron chi connectivity index (χ1n) is 4.85. The number of rotatable bonds is 2. The van der Waals surface area contributed by atoms with Crippen molar-refractivity contribution < 1.29 is 0 Å². The van der Waals surface area contributed by atoms with Gasteiger partial charge in [-0.05, 0) is 31.8 Å². The molecule has 3 nitrogen and oxygen atoms in total. The van der Waals surface area contributed by atoms with Crippen LogP contribution in [0, 0.1) is 0 Å². The van der Waals surface area contributed by atoms with Crippen LogP contribution in [0.3, 0.4) is 0 Å². The summed E-state index contributed by atoms with van der Waals surface area (Å²) in [7, 11) is 6.03. The van der Waals surface area contributed by atoms with E-state index in [2.05, 4.69) is 40.7 Å². The fraction of sp³-hybridized carbons (Fsp3) is 0.364. The number of thiol groups is 1. The highest BCUT2D eigenvalue weighted by Gasteiger charge is 2.10. The molecule has 2 aromatic rings. The minimum absolute atomic E-state index is 0.122. The van der Waals surface area contributed by atoms with Crippen LogP contribution in [-0.2, 0) is 7.05 Å². The van der Waals surface area contributed by atoms with Crippen LogP contribution in [-0.4, -0.2) is 28.5 Å². The second kappa shape index (κ2) is 3.87. The van der Waals surface area contributed by atoms with Gasteiger partial charge in [0.15, 0.2) is 0 Å². The number of fused-ring (bicyclic) bond motifs is 1. The molecule has 1 aromatic carbocycles. The van der Waals surface area contributed by atoms with Gasteiger partial charge in [0.1, 0.15) is 0 Å². The molecule has 15 heavy (non-hydrogen) atoms. The van der Waals surface area contributed by atoms with Gasteiger partial charge in [-0.2, -0.15) is 12.6 Å². The summed E-state index contributed by atoms with van der Waals surface area (Å²) in [6, 6.07) is 6.28. The molecule has 2 rings (SSSR count). The lowest BCUT2D eigenvalue weighted by Crippen LogP contribution is -2.14. The van der Waals surface area contributed by atoms with Gasteiger partial charge in [0, 0.05) is 7.05 Å². The molecule has 0 aliphatic rings. The Bertz CT molecular complexity index is 476. The van der Waals surface area contributed by atoms with Gasteiger partial charge >= 0.3 is 0 Å². The zero-order chi connectivity index (χ0) is 11.0. The third-order valence-corrected chi connectivity index (χ3v) is 3.30. The Balaban J connectivity index is 2.47. The van der Waals surface area contributed by atoms with Crippen molar-refractivity contribution in [3.63, 3.8) is 0 Å². The lowest BCUT2D eigenvalue weighted by atomic mass is 10.2. The van der Waals surface area contributed by atoms with Crippen molar-refractivity contribution in [2.75, 3.05) is 14.1 Å². The van der Waals surface area contributed by atoms with Gasteiger partial charge in [0.2, 0.25) is 0 Å². The second-order valence-electron chi connectivity index (χ2n) is 3.94. The molecule has 0 bridgehead atoms. The highest BCUT2D eigenvalue weighted by Crippen LogP contribution is 2.24. The number of imidazole rings is 1. The number of aryl methyl sites for hydroxylation is 1. The van der Waals surface area contributed by atoms with Crippen LogP contribution in [0.5, 0.6) is 0 Å². The standard InChI is InChI=1S/C11H15N3S/c1-13(2)11(15)8-4-5-10-9(6-8)12-7-14(10)3/h4-7,11,15H,1-3H3. The van der Waals surface area contributed by atoms with Gasteiger partial charge in [-0.1, -0.05) is 6.07 Å². The van der Waals surface area contributed by atoms with E-state index < -0.39 is 0 Å². The van der Waals surface area contributed by atoms with Gasteiger partial charge in [0.25, 0.3) is 0 Å². The summed E-state index contributed by atoms with van der Waals surface area (Å²) >= 11 is 4.54.